The summed E-state index contributed by atoms with van der Waals surface area (Å²) in [5, 5.41) is 9.66. The maximum atomic E-state index is 13.5. The third kappa shape index (κ3) is 6.21. The molecule has 5 unspecified atom stereocenters. The average Bonchev–Trinajstić information content (AvgIpc) is 2.82. The number of primary amides is 1. The van der Waals surface area contributed by atoms with Crippen LogP contribution in [0.15, 0.2) is 24.3 Å². The smallest absolute Gasteiger partial charge is 0.407 e. The Hall–Kier alpha value is -2.77. The summed E-state index contributed by atoms with van der Waals surface area (Å²) in [5.41, 5.74) is 6.62. The highest BCUT2D eigenvalue weighted by Gasteiger charge is 2.36. The van der Waals surface area contributed by atoms with Gasteiger partial charge in [0.2, 0.25) is 11.8 Å². The molecule has 34 heavy (non-hydrogen) atoms. The van der Waals surface area contributed by atoms with Crippen molar-refractivity contribution in [1.82, 2.24) is 10.6 Å². The van der Waals surface area contributed by atoms with Crippen LogP contribution in [0.1, 0.15) is 68.6 Å². The lowest BCUT2D eigenvalue weighted by Crippen LogP contribution is -2.49. The first-order chi connectivity index (χ1) is 16.4. The number of carbonyl (C=O) groups excluding carboxylic acids is 3. The highest BCUT2D eigenvalue weighted by molar-refractivity contribution is 5.94. The van der Waals surface area contributed by atoms with Crippen molar-refractivity contribution >= 4 is 23.6 Å². The first kappa shape index (κ1) is 24.4. The lowest BCUT2D eigenvalue weighted by molar-refractivity contribution is -0.123. The van der Waals surface area contributed by atoms with Crippen molar-refractivity contribution in [3.8, 4) is 0 Å². The van der Waals surface area contributed by atoms with Crippen LogP contribution in [-0.4, -0.2) is 43.1 Å². The van der Waals surface area contributed by atoms with Crippen molar-refractivity contribution in [3.63, 3.8) is 0 Å². The largest absolute Gasteiger partial charge is 0.450 e. The van der Waals surface area contributed by atoms with Crippen LogP contribution < -0.4 is 21.7 Å². The van der Waals surface area contributed by atoms with Gasteiger partial charge >= 0.3 is 6.09 Å². The first-order valence-corrected chi connectivity index (χ1v) is 12.8. The summed E-state index contributed by atoms with van der Waals surface area (Å²) in [7, 11) is 0. The summed E-state index contributed by atoms with van der Waals surface area (Å²) in [4.78, 5) is 37.4. The average molecular weight is 471 g/mol. The number of hydrogen-bond donors (Lipinski definition) is 4. The molecule has 186 valence electrons. The van der Waals surface area contributed by atoms with E-state index in [4.69, 9.17) is 10.5 Å². The van der Waals surface area contributed by atoms with Crippen molar-refractivity contribution in [2.45, 2.75) is 70.4 Å². The van der Waals surface area contributed by atoms with Crippen LogP contribution >= 0.6 is 0 Å². The van der Waals surface area contributed by atoms with E-state index in [9.17, 15) is 14.4 Å². The molecule has 8 nitrogen and oxygen atoms in total. The fraction of sp³-hybridized carbons (Fsp3) is 0.654. The van der Waals surface area contributed by atoms with Gasteiger partial charge in [-0.25, -0.2) is 4.79 Å². The minimum Gasteiger partial charge on any atom is -0.450 e. The van der Waals surface area contributed by atoms with Gasteiger partial charge in [0, 0.05) is 23.8 Å². The van der Waals surface area contributed by atoms with Crippen molar-refractivity contribution < 1.29 is 19.1 Å². The Balaban J connectivity index is 1.53. The molecule has 2 aliphatic carbocycles. The van der Waals surface area contributed by atoms with Gasteiger partial charge in [0.05, 0.1) is 6.61 Å². The Kier molecular flexibility index (Phi) is 7.95. The standard InChI is InChI=1S/C26H38N4O4/c1-16-12-19-9-8-18(16)10-11-34-26(33)30-21-6-2-4-17(13-21)15-28-25(32)23(19)29-22-7-3-5-20(14-22)24(27)31/h3,5,7,14,16-19,21,23,29H,2,4,6,8-13,15H2,1H3,(H2,27,31)(H,28,32)(H,30,33)/t16?,17?,18?,19-,21?,23?/m1/s1. The van der Waals surface area contributed by atoms with E-state index < -0.39 is 5.91 Å². The van der Waals surface area contributed by atoms with E-state index in [-0.39, 0.29) is 30.0 Å². The molecule has 3 amide bonds. The Labute approximate surface area is 201 Å². The van der Waals surface area contributed by atoms with Gasteiger partial charge in [0.15, 0.2) is 0 Å². The molecule has 5 rings (SSSR count). The zero-order chi connectivity index (χ0) is 24.1. The van der Waals surface area contributed by atoms with Gasteiger partial charge in [-0.1, -0.05) is 19.4 Å². The highest BCUT2D eigenvalue weighted by atomic mass is 16.5. The van der Waals surface area contributed by atoms with Crippen LogP contribution in [0.5, 0.6) is 0 Å². The lowest BCUT2D eigenvalue weighted by atomic mass is 9.71. The topological polar surface area (TPSA) is 123 Å². The predicted octanol–water partition coefficient (Wildman–Crippen LogP) is 3.42. The normalized spacial score (nSPS) is 32.7. The monoisotopic (exact) mass is 470 g/mol. The van der Waals surface area contributed by atoms with Gasteiger partial charge in [-0.15, -0.1) is 0 Å². The van der Waals surface area contributed by atoms with E-state index in [1.807, 2.05) is 6.07 Å². The summed E-state index contributed by atoms with van der Waals surface area (Å²) in [6.45, 7) is 3.26. The van der Waals surface area contributed by atoms with Gasteiger partial charge in [0.1, 0.15) is 6.04 Å². The summed E-state index contributed by atoms with van der Waals surface area (Å²) in [5.74, 6) is 0.914. The number of nitrogens with one attached hydrogen (secondary N) is 3. The van der Waals surface area contributed by atoms with E-state index in [0.29, 0.717) is 36.5 Å². The van der Waals surface area contributed by atoms with E-state index in [1.165, 1.54) is 0 Å². The van der Waals surface area contributed by atoms with Crippen LogP contribution in [-0.2, 0) is 9.53 Å². The van der Waals surface area contributed by atoms with Crippen LogP contribution in [0, 0.1) is 23.7 Å². The van der Waals surface area contributed by atoms with Crippen molar-refractivity contribution in [2.24, 2.45) is 29.4 Å². The summed E-state index contributed by atoms with van der Waals surface area (Å²) in [6, 6.07) is 6.77. The third-order valence-corrected chi connectivity index (χ3v) is 8.00. The van der Waals surface area contributed by atoms with Crippen molar-refractivity contribution in [1.29, 1.82) is 0 Å². The predicted molar refractivity (Wildman–Crippen MR) is 130 cm³/mol. The SMILES string of the molecule is CC1C[C@H]2CCC1CCOC(=O)NC1CCCC(CNC(=O)C2Nc2cccc(C(N)=O)c2)C1. The Morgan fingerprint density at radius 2 is 1.91 bits per heavy atom. The molecule has 6 atom stereocenters. The third-order valence-electron chi connectivity index (χ3n) is 8.00. The maximum absolute atomic E-state index is 13.5. The van der Waals surface area contributed by atoms with Gasteiger partial charge in [-0.3, -0.25) is 9.59 Å². The fourth-order valence-corrected chi connectivity index (χ4v) is 6.05. The number of hydrogen-bond acceptors (Lipinski definition) is 5. The summed E-state index contributed by atoms with van der Waals surface area (Å²) >= 11 is 0. The van der Waals surface area contributed by atoms with Crippen LogP contribution in [0.3, 0.4) is 0 Å². The number of fused-ring (bicyclic) bond motifs is 9. The first-order valence-electron chi connectivity index (χ1n) is 12.8. The zero-order valence-corrected chi connectivity index (χ0v) is 20.1. The molecule has 0 radical (unpaired) electrons. The number of carbonyl (C=O) groups is 3. The molecule has 4 fully saturated rings. The maximum Gasteiger partial charge on any atom is 0.407 e. The molecule has 4 bridgehead atoms. The molecule has 0 spiro atoms. The molecule has 2 aliphatic heterocycles. The van der Waals surface area contributed by atoms with Gasteiger partial charge in [-0.05, 0) is 86.8 Å². The van der Waals surface area contributed by atoms with Crippen LogP contribution in [0.4, 0.5) is 10.5 Å². The van der Waals surface area contributed by atoms with Crippen molar-refractivity contribution in [2.75, 3.05) is 18.5 Å². The minimum absolute atomic E-state index is 0.00159. The Morgan fingerprint density at radius 3 is 2.71 bits per heavy atom. The molecule has 0 aromatic heterocycles. The summed E-state index contributed by atoms with van der Waals surface area (Å²) in [6.07, 6.45) is 7.22. The number of amides is 3. The van der Waals surface area contributed by atoms with E-state index >= 15 is 0 Å². The Morgan fingerprint density at radius 1 is 1.09 bits per heavy atom. The number of benzene rings is 1. The van der Waals surface area contributed by atoms with E-state index in [0.717, 1.165) is 57.1 Å². The number of anilines is 1. The molecule has 4 aliphatic rings. The number of rotatable bonds is 3. The molecule has 2 saturated heterocycles. The van der Waals surface area contributed by atoms with Gasteiger partial charge in [0.25, 0.3) is 0 Å². The number of nitrogens with two attached hydrogens (primary N) is 1. The molecular weight excluding hydrogens is 432 g/mol. The lowest BCUT2D eigenvalue weighted by Gasteiger charge is -2.38. The molecule has 2 heterocycles. The van der Waals surface area contributed by atoms with Crippen molar-refractivity contribution in [3.05, 3.63) is 29.8 Å². The quantitative estimate of drug-likeness (QED) is 0.539. The van der Waals surface area contributed by atoms with Gasteiger partial charge < -0.3 is 26.4 Å². The number of alkyl carbamates (subject to hydrolysis) is 1. The second-order valence-electron chi connectivity index (χ2n) is 10.4. The molecule has 1 aromatic rings. The molecular formula is C26H38N4O4. The molecule has 5 N–H and O–H groups in total. The number of ether oxygens (including phenoxy) is 1. The zero-order valence-electron chi connectivity index (χ0n) is 20.1. The van der Waals surface area contributed by atoms with Crippen LogP contribution in [0.25, 0.3) is 0 Å². The van der Waals surface area contributed by atoms with E-state index in [2.05, 4.69) is 22.9 Å². The van der Waals surface area contributed by atoms with E-state index in [1.54, 1.807) is 18.2 Å². The van der Waals surface area contributed by atoms with Crippen LogP contribution in [0.2, 0.25) is 0 Å². The highest BCUT2D eigenvalue weighted by Crippen LogP contribution is 2.38. The summed E-state index contributed by atoms with van der Waals surface area (Å²) < 4.78 is 5.51. The second-order valence-corrected chi connectivity index (χ2v) is 10.4. The molecule has 8 heteroatoms. The Bertz CT molecular complexity index is 891. The molecule has 1 aromatic carbocycles. The molecule has 2 saturated carbocycles. The van der Waals surface area contributed by atoms with Gasteiger partial charge in [-0.2, -0.15) is 0 Å². The fourth-order valence-electron chi connectivity index (χ4n) is 6.05. The second kappa shape index (κ2) is 11.1. The minimum atomic E-state index is -0.485.